The fraction of sp³-hybridized carbons (Fsp3) is 0.192. The number of nitrogens with zero attached hydrogens (tertiary/aromatic N) is 1. The third-order valence-electron chi connectivity index (χ3n) is 5.26. The first-order chi connectivity index (χ1) is 17.6. The van der Waals surface area contributed by atoms with Gasteiger partial charge in [-0.1, -0.05) is 12.6 Å². The number of alkyl carbamates (subject to hydrolysis) is 1. The Morgan fingerprint density at radius 2 is 1.68 bits per heavy atom. The Hall–Kier alpha value is -4.54. The zero-order chi connectivity index (χ0) is 27.1. The van der Waals surface area contributed by atoms with Gasteiger partial charge in [0.15, 0.2) is 0 Å². The molecule has 0 aliphatic heterocycles. The molecule has 8 nitrogen and oxygen atoms in total. The van der Waals surface area contributed by atoms with Crippen LogP contribution in [-0.2, 0) is 4.74 Å². The topological polar surface area (TPSA) is 108 Å². The lowest BCUT2D eigenvalue weighted by Gasteiger charge is -2.22. The number of benzene rings is 2. The van der Waals surface area contributed by atoms with Crippen LogP contribution in [0.1, 0.15) is 23.6 Å². The van der Waals surface area contributed by atoms with Gasteiger partial charge in [-0.2, -0.15) is 0 Å². The molecule has 4 N–H and O–H groups in total. The summed E-state index contributed by atoms with van der Waals surface area (Å²) in [5.41, 5.74) is -0.631. The third kappa shape index (κ3) is 6.37. The number of amides is 1. The van der Waals surface area contributed by atoms with Crippen molar-refractivity contribution in [2.45, 2.75) is 13.8 Å². The summed E-state index contributed by atoms with van der Waals surface area (Å²) in [7, 11) is 0. The molecule has 37 heavy (non-hydrogen) atoms. The number of hydrogen-bond donors (Lipinski definition) is 4. The van der Waals surface area contributed by atoms with E-state index in [2.05, 4.69) is 22.5 Å². The van der Waals surface area contributed by atoms with Crippen molar-refractivity contribution in [1.29, 1.82) is 5.41 Å². The van der Waals surface area contributed by atoms with Crippen molar-refractivity contribution in [1.82, 2.24) is 15.2 Å². The zero-order valence-corrected chi connectivity index (χ0v) is 20.3. The number of hydrogen-bond acceptors (Lipinski definition) is 6. The Bertz CT molecular complexity index is 1380. The largest absolute Gasteiger partial charge is 0.450 e. The van der Waals surface area contributed by atoms with Crippen LogP contribution in [0.5, 0.6) is 0 Å². The molecule has 0 saturated carbocycles. The summed E-state index contributed by atoms with van der Waals surface area (Å²) >= 11 is 0. The van der Waals surface area contributed by atoms with Crippen LogP contribution in [0.15, 0.2) is 65.7 Å². The van der Waals surface area contributed by atoms with Crippen molar-refractivity contribution in [2.24, 2.45) is 0 Å². The van der Waals surface area contributed by atoms with Gasteiger partial charge in [0.1, 0.15) is 29.0 Å². The van der Waals surface area contributed by atoms with Crippen LogP contribution in [0.2, 0.25) is 0 Å². The molecule has 1 heterocycles. The van der Waals surface area contributed by atoms with Crippen LogP contribution in [0.4, 0.5) is 23.8 Å². The molecular formula is C26H26F3N5O3. The summed E-state index contributed by atoms with van der Waals surface area (Å²) in [6, 6.07) is 9.44. The summed E-state index contributed by atoms with van der Waals surface area (Å²) in [5, 5.41) is 17.0. The predicted molar refractivity (Wildman–Crippen MR) is 135 cm³/mol. The van der Waals surface area contributed by atoms with Gasteiger partial charge in [-0.15, -0.1) is 0 Å². The number of carbonyl (C=O) groups is 1. The van der Waals surface area contributed by atoms with E-state index in [0.29, 0.717) is 11.1 Å². The Balaban J connectivity index is 2.04. The van der Waals surface area contributed by atoms with Crippen molar-refractivity contribution in [3.05, 3.63) is 105 Å². The summed E-state index contributed by atoms with van der Waals surface area (Å²) in [5.74, 6) is -2.50. The lowest BCUT2D eigenvalue weighted by Crippen LogP contribution is -2.34. The number of para-hydroxylation sites is 1. The highest BCUT2D eigenvalue weighted by atomic mass is 19.1. The average Bonchev–Trinajstić information content (AvgIpc) is 2.83. The first kappa shape index (κ1) is 27.1. The Labute approximate surface area is 211 Å². The maximum atomic E-state index is 14.8. The number of aryl methyl sites for hydroxylation is 1. The minimum absolute atomic E-state index is 0.101. The monoisotopic (exact) mass is 513 g/mol. The van der Waals surface area contributed by atoms with Crippen LogP contribution in [0.25, 0.3) is 5.69 Å². The molecule has 2 aromatic carbocycles. The molecule has 1 aromatic heterocycles. The van der Waals surface area contributed by atoms with E-state index >= 15 is 0 Å². The van der Waals surface area contributed by atoms with Crippen LogP contribution < -0.4 is 21.5 Å². The van der Waals surface area contributed by atoms with E-state index in [-0.39, 0.29) is 42.6 Å². The molecule has 0 unspecified atom stereocenters. The molecule has 3 rings (SSSR count). The number of anilines is 1. The number of rotatable bonds is 10. The SMILES string of the molecule is C=C(NCCNC(=O)OCC)Nc1c(C(=N)c2ccc(F)cc2C)ccc(=O)n1-c1c(F)cccc1F. The molecule has 0 bridgehead atoms. The van der Waals surface area contributed by atoms with Crippen LogP contribution >= 0.6 is 0 Å². The minimum Gasteiger partial charge on any atom is -0.450 e. The lowest BCUT2D eigenvalue weighted by atomic mass is 9.98. The molecule has 0 atom stereocenters. The standard InChI is InChI=1S/C26H26F3N5O3/c1-4-37-26(36)32-13-12-31-16(3)33-25-19(23(30)18-9-8-17(27)14-15(18)2)10-11-22(35)34(25)24-20(28)6-5-7-21(24)29/h5-11,14,30-31,33H,3-4,12-13H2,1-2H3,(H,32,36). The summed E-state index contributed by atoms with van der Waals surface area (Å²) in [4.78, 5) is 24.3. The first-order valence-electron chi connectivity index (χ1n) is 11.3. The van der Waals surface area contributed by atoms with Crippen molar-refractivity contribution in [3.8, 4) is 5.69 Å². The second kappa shape index (κ2) is 11.9. The van der Waals surface area contributed by atoms with Crippen LogP contribution in [0, 0.1) is 29.8 Å². The molecular weight excluding hydrogens is 487 g/mol. The van der Waals surface area contributed by atoms with Crippen LogP contribution in [-0.4, -0.2) is 36.1 Å². The predicted octanol–water partition coefficient (Wildman–Crippen LogP) is 4.20. The highest BCUT2D eigenvalue weighted by Crippen LogP contribution is 2.26. The van der Waals surface area contributed by atoms with Crippen molar-refractivity contribution in [2.75, 3.05) is 25.0 Å². The highest BCUT2D eigenvalue weighted by Gasteiger charge is 2.22. The molecule has 0 fully saturated rings. The van der Waals surface area contributed by atoms with E-state index in [1.54, 1.807) is 13.8 Å². The zero-order valence-electron chi connectivity index (χ0n) is 20.3. The summed E-state index contributed by atoms with van der Waals surface area (Å²) < 4.78 is 48.8. The Morgan fingerprint density at radius 3 is 2.32 bits per heavy atom. The molecule has 0 aliphatic rings. The normalized spacial score (nSPS) is 10.5. The fourth-order valence-electron chi connectivity index (χ4n) is 3.59. The van der Waals surface area contributed by atoms with Gasteiger partial charge in [0.05, 0.1) is 18.1 Å². The summed E-state index contributed by atoms with van der Waals surface area (Å²) in [6.07, 6.45) is -0.597. The molecule has 1 amide bonds. The minimum atomic E-state index is -0.996. The van der Waals surface area contributed by atoms with Gasteiger partial charge in [-0.3, -0.25) is 14.8 Å². The Kier molecular flexibility index (Phi) is 8.72. The quantitative estimate of drug-likeness (QED) is 0.240. The lowest BCUT2D eigenvalue weighted by molar-refractivity contribution is 0.152. The van der Waals surface area contributed by atoms with Crippen molar-refractivity contribution >= 4 is 17.6 Å². The van der Waals surface area contributed by atoms with Gasteiger partial charge in [0, 0.05) is 30.3 Å². The molecule has 194 valence electrons. The fourth-order valence-corrected chi connectivity index (χ4v) is 3.59. The number of nitrogens with one attached hydrogen (secondary N) is 4. The average molecular weight is 514 g/mol. The van der Waals surface area contributed by atoms with E-state index in [4.69, 9.17) is 10.1 Å². The maximum absolute atomic E-state index is 14.8. The van der Waals surface area contributed by atoms with Gasteiger partial charge in [-0.05, 0) is 55.8 Å². The molecule has 0 saturated heterocycles. The van der Waals surface area contributed by atoms with Crippen molar-refractivity contribution < 1.29 is 22.7 Å². The van der Waals surface area contributed by atoms with E-state index in [1.165, 1.54) is 24.3 Å². The Morgan fingerprint density at radius 1 is 1.03 bits per heavy atom. The van der Waals surface area contributed by atoms with Gasteiger partial charge in [-0.25, -0.2) is 18.0 Å². The van der Waals surface area contributed by atoms with E-state index in [9.17, 15) is 22.8 Å². The third-order valence-corrected chi connectivity index (χ3v) is 5.26. The number of carbonyl (C=O) groups excluding carboxylic acids is 1. The van der Waals surface area contributed by atoms with Gasteiger partial charge in [0.2, 0.25) is 0 Å². The van der Waals surface area contributed by atoms with E-state index in [1.807, 2.05) is 0 Å². The number of ether oxygens (including phenoxy) is 1. The van der Waals surface area contributed by atoms with Gasteiger partial charge in [0.25, 0.3) is 5.56 Å². The molecule has 11 heteroatoms. The molecule has 0 aliphatic carbocycles. The molecule has 0 spiro atoms. The van der Waals surface area contributed by atoms with Gasteiger partial charge >= 0.3 is 6.09 Å². The maximum Gasteiger partial charge on any atom is 0.407 e. The van der Waals surface area contributed by atoms with Crippen molar-refractivity contribution in [3.63, 3.8) is 0 Å². The molecule has 3 aromatic rings. The first-order valence-corrected chi connectivity index (χ1v) is 11.3. The number of aromatic nitrogens is 1. The molecule has 0 radical (unpaired) electrons. The van der Waals surface area contributed by atoms with E-state index in [0.717, 1.165) is 28.8 Å². The number of halogens is 3. The second-order valence-corrected chi connectivity index (χ2v) is 7.85. The number of pyridine rings is 1. The van der Waals surface area contributed by atoms with E-state index < -0.39 is 34.8 Å². The second-order valence-electron chi connectivity index (χ2n) is 7.85. The van der Waals surface area contributed by atoms with Crippen LogP contribution in [0.3, 0.4) is 0 Å². The van der Waals surface area contributed by atoms with Gasteiger partial charge < -0.3 is 20.7 Å². The highest BCUT2D eigenvalue weighted by molar-refractivity contribution is 6.14. The smallest absolute Gasteiger partial charge is 0.407 e. The summed E-state index contributed by atoms with van der Waals surface area (Å²) in [6.45, 7) is 7.69.